The van der Waals surface area contributed by atoms with Crippen LogP contribution in [0.1, 0.15) is 63.4 Å². The van der Waals surface area contributed by atoms with Gasteiger partial charge in [0.25, 0.3) is 0 Å². The van der Waals surface area contributed by atoms with E-state index in [1.54, 1.807) is 0 Å². The smallest absolute Gasteiger partial charge is 0.326 e. The van der Waals surface area contributed by atoms with Crippen molar-refractivity contribution in [3.63, 3.8) is 0 Å². The fourth-order valence-electron chi connectivity index (χ4n) is 3.51. The predicted molar refractivity (Wildman–Crippen MR) is 94.8 cm³/mol. The fraction of sp³-hybridized carbons (Fsp3) is 0.600. The molecule has 1 aromatic carbocycles. The van der Waals surface area contributed by atoms with Crippen molar-refractivity contribution in [2.24, 2.45) is 5.92 Å². The van der Waals surface area contributed by atoms with Crippen LogP contribution in [0.25, 0.3) is 0 Å². The van der Waals surface area contributed by atoms with Crippen molar-refractivity contribution in [2.75, 3.05) is 0 Å². The standard InChI is InChI=1S/C20H29NO3/c22-19(14-8-7-11-16-9-3-1-4-10-16)21-18(20(23)24)15-17-12-5-2-6-13-17/h2,5-6,12-13,16,18H,1,3-4,7-11,14-15H2,(H,21,22)(H,23,24)/t18-/m0/s1. The van der Waals surface area contributed by atoms with E-state index in [1.807, 2.05) is 30.3 Å². The molecule has 0 unspecified atom stereocenters. The van der Waals surface area contributed by atoms with Gasteiger partial charge in [0.2, 0.25) is 5.91 Å². The number of benzene rings is 1. The first-order valence-electron chi connectivity index (χ1n) is 9.21. The van der Waals surface area contributed by atoms with E-state index < -0.39 is 12.0 Å². The van der Waals surface area contributed by atoms with Crippen LogP contribution < -0.4 is 5.32 Å². The molecule has 1 aliphatic rings. The minimum atomic E-state index is -0.977. The summed E-state index contributed by atoms with van der Waals surface area (Å²) in [6.07, 6.45) is 10.6. The molecular weight excluding hydrogens is 302 g/mol. The summed E-state index contributed by atoms with van der Waals surface area (Å²) >= 11 is 0. The van der Waals surface area contributed by atoms with Gasteiger partial charge in [0.15, 0.2) is 0 Å². The molecule has 132 valence electrons. The summed E-state index contributed by atoms with van der Waals surface area (Å²) in [6, 6.07) is 8.56. The molecule has 0 radical (unpaired) electrons. The van der Waals surface area contributed by atoms with Gasteiger partial charge in [-0.15, -0.1) is 0 Å². The summed E-state index contributed by atoms with van der Waals surface area (Å²) in [6.45, 7) is 0. The van der Waals surface area contributed by atoms with Gasteiger partial charge >= 0.3 is 5.97 Å². The molecule has 1 fully saturated rings. The van der Waals surface area contributed by atoms with Crippen LogP contribution in [0, 0.1) is 5.92 Å². The van der Waals surface area contributed by atoms with E-state index in [-0.39, 0.29) is 5.91 Å². The normalized spacial score (nSPS) is 16.5. The second-order valence-electron chi connectivity index (χ2n) is 6.90. The van der Waals surface area contributed by atoms with Gasteiger partial charge in [0, 0.05) is 12.8 Å². The van der Waals surface area contributed by atoms with Crippen LogP contribution in [0.4, 0.5) is 0 Å². The lowest BCUT2D eigenvalue weighted by Crippen LogP contribution is -2.42. The molecule has 0 bridgehead atoms. The monoisotopic (exact) mass is 331 g/mol. The van der Waals surface area contributed by atoms with E-state index in [2.05, 4.69) is 5.32 Å². The zero-order valence-electron chi connectivity index (χ0n) is 14.4. The van der Waals surface area contributed by atoms with Gasteiger partial charge in [-0.3, -0.25) is 4.79 Å². The Morgan fingerprint density at radius 3 is 2.46 bits per heavy atom. The van der Waals surface area contributed by atoms with Gasteiger partial charge in [-0.05, 0) is 17.9 Å². The molecule has 0 aromatic heterocycles. The quantitative estimate of drug-likeness (QED) is 0.674. The van der Waals surface area contributed by atoms with E-state index >= 15 is 0 Å². The van der Waals surface area contributed by atoms with E-state index in [9.17, 15) is 14.7 Å². The van der Waals surface area contributed by atoms with Crippen LogP contribution in [0.2, 0.25) is 0 Å². The molecular formula is C20H29NO3. The van der Waals surface area contributed by atoms with Gasteiger partial charge in [-0.1, -0.05) is 75.3 Å². The van der Waals surface area contributed by atoms with Crippen LogP contribution in [0.5, 0.6) is 0 Å². The van der Waals surface area contributed by atoms with Crippen molar-refractivity contribution in [3.8, 4) is 0 Å². The highest BCUT2D eigenvalue weighted by Crippen LogP contribution is 2.27. The van der Waals surface area contributed by atoms with E-state index in [0.717, 1.165) is 24.3 Å². The topological polar surface area (TPSA) is 66.4 Å². The first kappa shape index (κ1) is 18.5. The molecule has 24 heavy (non-hydrogen) atoms. The maximum Gasteiger partial charge on any atom is 0.326 e. The third kappa shape index (κ3) is 6.73. The van der Waals surface area contributed by atoms with Gasteiger partial charge in [-0.25, -0.2) is 4.79 Å². The highest BCUT2D eigenvalue weighted by atomic mass is 16.4. The van der Waals surface area contributed by atoms with Crippen LogP contribution in [0.15, 0.2) is 30.3 Å². The number of carboxylic acids is 1. The molecule has 0 spiro atoms. The molecule has 1 aromatic rings. The van der Waals surface area contributed by atoms with Crippen molar-refractivity contribution >= 4 is 11.9 Å². The lowest BCUT2D eigenvalue weighted by Gasteiger charge is -2.21. The number of unbranched alkanes of at least 4 members (excludes halogenated alkanes) is 1. The molecule has 0 heterocycles. The van der Waals surface area contributed by atoms with E-state index in [0.29, 0.717) is 12.8 Å². The highest BCUT2D eigenvalue weighted by Gasteiger charge is 2.20. The summed E-state index contributed by atoms with van der Waals surface area (Å²) in [5.74, 6) is -0.289. The first-order chi connectivity index (χ1) is 11.6. The van der Waals surface area contributed by atoms with Gasteiger partial charge in [0.1, 0.15) is 6.04 Å². The van der Waals surface area contributed by atoms with Gasteiger partial charge in [-0.2, -0.15) is 0 Å². The highest BCUT2D eigenvalue weighted by molar-refractivity contribution is 5.83. The van der Waals surface area contributed by atoms with Crippen LogP contribution in [-0.2, 0) is 16.0 Å². The number of aliphatic carboxylic acids is 1. The molecule has 0 aliphatic heterocycles. The number of carbonyl (C=O) groups is 2. The van der Waals surface area contributed by atoms with Crippen molar-refractivity contribution in [1.29, 1.82) is 0 Å². The van der Waals surface area contributed by atoms with Crippen LogP contribution in [0.3, 0.4) is 0 Å². The number of hydrogen-bond acceptors (Lipinski definition) is 2. The molecule has 1 aliphatic carbocycles. The molecule has 1 saturated carbocycles. The Morgan fingerprint density at radius 2 is 1.79 bits per heavy atom. The van der Waals surface area contributed by atoms with Crippen LogP contribution in [-0.4, -0.2) is 23.0 Å². The minimum Gasteiger partial charge on any atom is -0.480 e. The summed E-state index contributed by atoms with van der Waals surface area (Å²) < 4.78 is 0. The number of amides is 1. The second kappa shape index (κ2) is 10.1. The van der Waals surface area contributed by atoms with Gasteiger partial charge in [0.05, 0.1) is 0 Å². The van der Waals surface area contributed by atoms with E-state index in [4.69, 9.17) is 0 Å². The number of carbonyl (C=O) groups excluding carboxylic acids is 1. The number of nitrogens with one attached hydrogen (secondary N) is 1. The molecule has 0 saturated heterocycles. The zero-order chi connectivity index (χ0) is 17.2. The summed E-state index contributed by atoms with van der Waals surface area (Å²) in [5, 5.41) is 12.0. The maximum absolute atomic E-state index is 12.0. The Labute approximate surface area is 144 Å². The minimum absolute atomic E-state index is 0.151. The molecule has 2 N–H and O–H groups in total. The Hall–Kier alpha value is -1.84. The van der Waals surface area contributed by atoms with Gasteiger partial charge < -0.3 is 10.4 Å². The lowest BCUT2D eigenvalue weighted by atomic mass is 9.85. The SMILES string of the molecule is O=C(CCCCC1CCCCC1)N[C@@H](Cc1ccccc1)C(=O)O. The predicted octanol–water partition coefficient (Wildman–Crippen LogP) is 3.94. The molecule has 1 amide bonds. The van der Waals surface area contributed by atoms with Crippen molar-refractivity contribution < 1.29 is 14.7 Å². The van der Waals surface area contributed by atoms with Crippen LogP contribution >= 0.6 is 0 Å². The molecule has 4 heteroatoms. The molecule has 1 atom stereocenters. The second-order valence-corrected chi connectivity index (χ2v) is 6.90. The number of carboxylic acid groups (broad SMARTS) is 1. The summed E-state index contributed by atoms with van der Waals surface area (Å²) in [7, 11) is 0. The number of rotatable bonds is 9. The third-order valence-electron chi connectivity index (χ3n) is 4.91. The van der Waals surface area contributed by atoms with E-state index in [1.165, 1.54) is 38.5 Å². The largest absolute Gasteiger partial charge is 0.480 e. The average molecular weight is 331 g/mol. The zero-order valence-corrected chi connectivity index (χ0v) is 14.4. The molecule has 2 rings (SSSR count). The average Bonchev–Trinajstić information content (AvgIpc) is 2.60. The Balaban J connectivity index is 1.67. The Bertz CT molecular complexity index is 509. The Kier molecular flexibility index (Phi) is 7.80. The number of hydrogen-bond donors (Lipinski definition) is 2. The third-order valence-corrected chi connectivity index (χ3v) is 4.91. The first-order valence-corrected chi connectivity index (χ1v) is 9.21. The van der Waals surface area contributed by atoms with Crippen molar-refractivity contribution in [2.45, 2.75) is 70.3 Å². The van der Waals surface area contributed by atoms with Crippen molar-refractivity contribution in [1.82, 2.24) is 5.32 Å². The maximum atomic E-state index is 12.0. The van der Waals surface area contributed by atoms with Crippen molar-refractivity contribution in [3.05, 3.63) is 35.9 Å². The lowest BCUT2D eigenvalue weighted by molar-refractivity contribution is -0.141. The molecule has 4 nitrogen and oxygen atoms in total. The Morgan fingerprint density at radius 1 is 1.08 bits per heavy atom. The summed E-state index contributed by atoms with van der Waals surface area (Å²) in [4.78, 5) is 23.4. The summed E-state index contributed by atoms with van der Waals surface area (Å²) in [5.41, 5.74) is 0.919. The fourth-order valence-corrected chi connectivity index (χ4v) is 3.51.